The fraction of sp³-hybridized carbons (Fsp3) is 0.655. The molecule has 1 N–H and O–H groups in total. The predicted molar refractivity (Wildman–Crippen MR) is 148 cm³/mol. The average Bonchev–Trinajstić information content (AvgIpc) is 3.21. The molecule has 4 rings (SSSR count). The summed E-state index contributed by atoms with van der Waals surface area (Å²) >= 11 is 0. The van der Waals surface area contributed by atoms with Crippen LogP contribution in [-0.2, 0) is 21.2 Å². The summed E-state index contributed by atoms with van der Waals surface area (Å²) in [5.74, 6) is 0.452. The molecule has 6 nitrogen and oxygen atoms in total. The molecule has 0 radical (unpaired) electrons. The van der Waals surface area contributed by atoms with Crippen molar-refractivity contribution in [2.45, 2.75) is 89.8 Å². The van der Waals surface area contributed by atoms with Crippen LogP contribution in [0.3, 0.4) is 0 Å². The summed E-state index contributed by atoms with van der Waals surface area (Å²) < 4.78 is 77.8. The number of nitrogens with zero attached hydrogens (tertiary/aromatic N) is 2. The molecule has 40 heavy (non-hydrogen) atoms. The molecule has 1 saturated heterocycles. The maximum atomic E-state index is 13.1. The molecule has 2 fully saturated rings. The molecular formula is C29H39F4N3O3S. The summed E-state index contributed by atoms with van der Waals surface area (Å²) in [5.41, 5.74) is 2.71. The van der Waals surface area contributed by atoms with Gasteiger partial charge in [0.1, 0.15) is 11.4 Å². The van der Waals surface area contributed by atoms with E-state index in [9.17, 15) is 30.8 Å². The third kappa shape index (κ3) is 7.32. The van der Waals surface area contributed by atoms with Crippen molar-refractivity contribution < 1.29 is 30.8 Å². The molecule has 0 atom stereocenters. The molecule has 3 aliphatic rings. The van der Waals surface area contributed by atoms with Gasteiger partial charge < -0.3 is 5.32 Å². The van der Waals surface area contributed by atoms with E-state index in [0.717, 1.165) is 22.3 Å². The van der Waals surface area contributed by atoms with Crippen molar-refractivity contribution in [2.75, 3.05) is 19.8 Å². The average molecular weight is 586 g/mol. The largest absolute Gasteiger partial charge is 0.389 e. The van der Waals surface area contributed by atoms with E-state index in [1.807, 2.05) is 26.0 Å². The molecule has 1 amide bonds. The zero-order valence-corrected chi connectivity index (χ0v) is 24.0. The number of hydrogen-bond donors (Lipinski definition) is 1. The number of amides is 1. The Morgan fingerprint density at radius 2 is 1.73 bits per heavy atom. The van der Waals surface area contributed by atoms with E-state index >= 15 is 0 Å². The lowest BCUT2D eigenvalue weighted by Gasteiger charge is -2.34. The van der Waals surface area contributed by atoms with Gasteiger partial charge >= 0.3 is 6.18 Å². The van der Waals surface area contributed by atoms with E-state index in [-0.39, 0.29) is 56.8 Å². The fourth-order valence-corrected chi connectivity index (χ4v) is 7.43. The molecule has 1 aliphatic carbocycles. The Kier molecular flexibility index (Phi) is 9.44. The van der Waals surface area contributed by atoms with Gasteiger partial charge in [0.25, 0.3) is 5.91 Å². The van der Waals surface area contributed by atoms with Crippen LogP contribution >= 0.6 is 0 Å². The number of carbonyl (C=O) groups is 1. The monoisotopic (exact) mass is 585 g/mol. The number of alkyl halides is 4. The highest BCUT2D eigenvalue weighted by Gasteiger charge is 2.48. The van der Waals surface area contributed by atoms with Crippen molar-refractivity contribution in [3.8, 4) is 0 Å². The quantitative estimate of drug-likeness (QED) is 0.360. The number of amidine groups is 1. The number of aliphatic imine (C=N–C) groups is 1. The fourth-order valence-electron chi connectivity index (χ4n) is 6.26. The first-order chi connectivity index (χ1) is 18.8. The molecule has 1 aromatic rings. The zero-order chi connectivity index (χ0) is 29.1. The van der Waals surface area contributed by atoms with Crippen molar-refractivity contribution in [3.05, 3.63) is 39.8 Å². The van der Waals surface area contributed by atoms with E-state index in [2.05, 4.69) is 5.32 Å². The SMILES string of the molecule is Cc1cc(CCCF)cc(C)c1/C=C/S(=O)(=O)N1CCC2(CC1)N=C(C1CCC(CCC(F)(F)F)CC1)NC2=O. The Balaban J connectivity index is 1.35. The number of piperidine rings is 1. The van der Waals surface area contributed by atoms with Crippen molar-refractivity contribution >= 4 is 27.8 Å². The lowest BCUT2D eigenvalue weighted by atomic mass is 9.79. The van der Waals surface area contributed by atoms with Crippen LogP contribution in [0.4, 0.5) is 17.6 Å². The van der Waals surface area contributed by atoms with E-state index in [4.69, 9.17) is 4.99 Å². The maximum absolute atomic E-state index is 13.1. The third-order valence-corrected chi connectivity index (χ3v) is 10.2. The van der Waals surface area contributed by atoms with Crippen molar-refractivity contribution in [1.29, 1.82) is 0 Å². The topological polar surface area (TPSA) is 78.8 Å². The van der Waals surface area contributed by atoms with Gasteiger partial charge in [-0.05, 0) is 106 Å². The van der Waals surface area contributed by atoms with Crippen LogP contribution in [0.1, 0.15) is 80.0 Å². The summed E-state index contributed by atoms with van der Waals surface area (Å²) in [6.45, 7) is 3.78. The molecule has 2 heterocycles. The van der Waals surface area contributed by atoms with Crippen LogP contribution in [0.5, 0.6) is 0 Å². The second-order valence-electron chi connectivity index (χ2n) is 11.5. The standard InChI is InChI=1S/C29H39F4N3O3S/c1-20-18-23(4-3-14-30)19-21(2)25(20)10-17-40(38,39)36-15-12-28(13-16-36)27(37)34-26(35-28)24-7-5-22(6-8-24)9-11-29(31,32)33/h10,17-19,22,24H,3-9,11-16H2,1-2H3,(H,34,35,37)/b17-10+. The van der Waals surface area contributed by atoms with Gasteiger partial charge in [0.2, 0.25) is 10.0 Å². The Morgan fingerprint density at radius 3 is 2.30 bits per heavy atom. The summed E-state index contributed by atoms with van der Waals surface area (Å²) in [5, 5.41) is 4.12. The molecule has 1 saturated carbocycles. The number of carbonyl (C=O) groups excluding carboxylic acids is 1. The Hall–Kier alpha value is -2.27. The van der Waals surface area contributed by atoms with Gasteiger partial charge in [-0.3, -0.25) is 14.2 Å². The van der Waals surface area contributed by atoms with Gasteiger partial charge in [-0.2, -0.15) is 17.5 Å². The zero-order valence-electron chi connectivity index (χ0n) is 23.2. The number of nitrogens with one attached hydrogen (secondary N) is 1. The molecule has 2 aliphatic heterocycles. The predicted octanol–water partition coefficient (Wildman–Crippen LogP) is 6.02. The first-order valence-corrected chi connectivity index (χ1v) is 15.6. The molecule has 0 unspecified atom stereocenters. The highest BCUT2D eigenvalue weighted by molar-refractivity contribution is 7.92. The Bertz CT molecular complexity index is 1220. The van der Waals surface area contributed by atoms with Crippen LogP contribution in [-0.4, -0.2) is 55.9 Å². The summed E-state index contributed by atoms with van der Waals surface area (Å²) in [7, 11) is -3.72. The third-order valence-electron chi connectivity index (χ3n) is 8.64. The van der Waals surface area contributed by atoms with Crippen LogP contribution in [0.2, 0.25) is 0 Å². The highest BCUT2D eigenvalue weighted by Crippen LogP contribution is 2.38. The van der Waals surface area contributed by atoms with Gasteiger partial charge in [-0.15, -0.1) is 0 Å². The number of sulfonamides is 1. The van der Waals surface area contributed by atoms with Gasteiger partial charge in [0, 0.05) is 30.8 Å². The minimum atomic E-state index is -4.13. The lowest BCUT2D eigenvalue weighted by molar-refractivity contribution is -0.138. The van der Waals surface area contributed by atoms with Crippen molar-refractivity contribution in [2.24, 2.45) is 16.8 Å². The number of rotatable bonds is 9. The van der Waals surface area contributed by atoms with Crippen LogP contribution in [0.15, 0.2) is 22.5 Å². The minimum absolute atomic E-state index is 0.0185. The minimum Gasteiger partial charge on any atom is -0.312 e. The number of hydrogen-bond acceptors (Lipinski definition) is 4. The molecule has 1 aromatic carbocycles. The smallest absolute Gasteiger partial charge is 0.312 e. The van der Waals surface area contributed by atoms with Gasteiger partial charge in [0.05, 0.1) is 6.67 Å². The molecule has 0 aromatic heterocycles. The molecule has 11 heteroatoms. The van der Waals surface area contributed by atoms with Crippen LogP contribution < -0.4 is 5.32 Å². The first-order valence-electron chi connectivity index (χ1n) is 14.1. The van der Waals surface area contributed by atoms with E-state index in [1.165, 1.54) is 9.71 Å². The normalized spacial score (nSPS) is 24.1. The van der Waals surface area contributed by atoms with Crippen LogP contribution in [0.25, 0.3) is 6.08 Å². The summed E-state index contributed by atoms with van der Waals surface area (Å²) in [4.78, 5) is 17.7. The van der Waals surface area contributed by atoms with Crippen molar-refractivity contribution in [3.63, 3.8) is 0 Å². The lowest BCUT2D eigenvalue weighted by Crippen LogP contribution is -2.50. The second-order valence-corrected chi connectivity index (χ2v) is 13.4. The number of benzene rings is 1. The Labute approximate surface area is 234 Å². The maximum Gasteiger partial charge on any atom is 0.389 e. The first kappa shape index (κ1) is 30.7. The molecule has 0 bridgehead atoms. The second kappa shape index (κ2) is 12.3. The van der Waals surface area contributed by atoms with Crippen LogP contribution in [0, 0.1) is 25.7 Å². The molecular weight excluding hydrogens is 546 g/mol. The van der Waals surface area contributed by atoms with Gasteiger partial charge in [0.15, 0.2) is 0 Å². The van der Waals surface area contributed by atoms with E-state index in [1.54, 1.807) is 6.08 Å². The summed E-state index contributed by atoms with van der Waals surface area (Å²) in [6.07, 6.45) is 1.24. The summed E-state index contributed by atoms with van der Waals surface area (Å²) in [6, 6.07) is 3.92. The Morgan fingerprint density at radius 1 is 1.10 bits per heavy atom. The highest BCUT2D eigenvalue weighted by atomic mass is 32.2. The van der Waals surface area contributed by atoms with E-state index < -0.39 is 28.2 Å². The van der Waals surface area contributed by atoms with Gasteiger partial charge in [-0.25, -0.2) is 8.42 Å². The molecule has 222 valence electrons. The van der Waals surface area contributed by atoms with E-state index in [0.29, 0.717) is 44.4 Å². The van der Waals surface area contributed by atoms with Gasteiger partial charge in [-0.1, -0.05) is 12.1 Å². The number of halogens is 4. The van der Waals surface area contributed by atoms with Crippen molar-refractivity contribution in [1.82, 2.24) is 9.62 Å². The molecule has 1 spiro atoms. The number of aryl methyl sites for hydroxylation is 3.